The van der Waals surface area contributed by atoms with Crippen molar-refractivity contribution in [2.24, 2.45) is 0 Å². The van der Waals surface area contributed by atoms with Crippen LogP contribution in [0.5, 0.6) is 0 Å². The highest BCUT2D eigenvalue weighted by Crippen LogP contribution is 2.10. The largest absolute Gasteiger partial charge is 0.370 e. The molecular weight excluding hydrogens is 244 g/mol. The minimum Gasteiger partial charge on any atom is -0.370 e. The number of rotatable bonds is 4. The lowest BCUT2D eigenvalue weighted by Crippen LogP contribution is -2.06. The van der Waals surface area contributed by atoms with Crippen molar-refractivity contribution in [2.45, 2.75) is 13.3 Å². The van der Waals surface area contributed by atoms with Gasteiger partial charge in [0.1, 0.15) is 5.82 Å². The SMILES string of the molecule is Cc1csc(CCNc2ccnc(Cl)n2)n1. The van der Waals surface area contributed by atoms with Crippen molar-refractivity contribution in [3.8, 4) is 0 Å². The molecular formula is C10H11ClN4S. The van der Waals surface area contributed by atoms with E-state index in [1.807, 2.05) is 6.92 Å². The first-order chi connectivity index (χ1) is 7.74. The first-order valence-electron chi connectivity index (χ1n) is 4.87. The van der Waals surface area contributed by atoms with Crippen LogP contribution in [0.1, 0.15) is 10.7 Å². The molecule has 0 amide bonds. The smallest absolute Gasteiger partial charge is 0.224 e. The lowest BCUT2D eigenvalue weighted by molar-refractivity contribution is 0.973. The second kappa shape index (κ2) is 5.23. The summed E-state index contributed by atoms with van der Waals surface area (Å²) in [6.45, 7) is 2.79. The van der Waals surface area contributed by atoms with Crippen molar-refractivity contribution in [1.29, 1.82) is 0 Å². The predicted molar refractivity (Wildman–Crippen MR) is 66.1 cm³/mol. The van der Waals surface area contributed by atoms with E-state index in [4.69, 9.17) is 11.6 Å². The fourth-order valence-electron chi connectivity index (χ4n) is 1.25. The van der Waals surface area contributed by atoms with Gasteiger partial charge in [0.15, 0.2) is 0 Å². The van der Waals surface area contributed by atoms with E-state index >= 15 is 0 Å². The minimum atomic E-state index is 0.259. The molecule has 16 heavy (non-hydrogen) atoms. The van der Waals surface area contributed by atoms with E-state index in [1.54, 1.807) is 23.6 Å². The van der Waals surface area contributed by atoms with Crippen LogP contribution < -0.4 is 5.32 Å². The zero-order valence-corrected chi connectivity index (χ0v) is 10.3. The molecule has 0 aliphatic carbocycles. The van der Waals surface area contributed by atoms with Crippen molar-refractivity contribution in [3.63, 3.8) is 0 Å². The molecule has 0 unspecified atom stereocenters. The lowest BCUT2D eigenvalue weighted by Gasteiger charge is -2.03. The summed E-state index contributed by atoms with van der Waals surface area (Å²) >= 11 is 7.35. The van der Waals surface area contributed by atoms with Crippen LogP contribution in [0.2, 0.25) is 5.28 Å². The van der Waals surface area contributed by atoms with Gasteiger partial charge >= 0.3 is 0 Å². The monoisotopic (exact) mass is 254 g/mol. The Morgan fingerprint density at radius 1 is 1.44 bits per heavy atom. The Morgan fingerprint density at radius 3 is 3.00 bits per heavy atom. The zero-order chi connectivity index (χ0) is 11.4. The number of hydrogen-bond acceptors (Lipinski definition) is 5. The molecule has 0 spiro atoms. The minimum absolute atomic E-state index is 0.259. The first kappa shape index (κ1) is 11.3. The molecule has 4 nitrogen and oxygen atoms in total. The normalized spacial score (nSPS) is 10.4. The molecule has 2 rings (SSSR count). The molecule has 2 aromatic rings. The summed E-state index contributed by atoms with van der Waals surface area (Å²) in [6.07, 6.45) is 2.52. The number of nitrogens with one attached hydrogen (secondary N) is 1. The molecule has 0 radical (unpaired) electrons. The van der Waals surface area contributed by atoms with Gasteiger partial charge in [0.05, 0.1) is 5.01 Å². The van der Waals surface area contributed by atoms with Gasteiger partial charge in [-0.15, -0.1) is 11.3 Å². The number of anilines is 1. The predicted octanol–water partition coefficient (Wildman–Crippen LogP) is 2.55. The van der Waals surface area contributed by atoms with Crippen molar-refractivity contribution in [2.75, 3.05) is 11.9 Å². The molecule has 0 saturated carbocycles. The molecule has 0 atom stereocenters. The van der Waals surface area contributed by atoms with Crippen molar-refractivity contribution >= 4 is 28.8 Å². The van der Waals surface area contributed by atoms with Crippen LogP contribution in [0.3, 0.4) is 0 Å². The number of thiazole rings is 1. The summed E-state index contributed by atoms with van der Waals surface area (Å²) in [5, 5.41) is 6.62. The van der Waals surface area contributed by atoms with Crippen molar-refractivity contribution < 1.29 is 0 Å². The van der Waals surface area contributed by atoms with Gasteiger partial charge in [0, 0.05) is 30.2 Å². The summed E-state index contributed by atoms with van der Waals surface area (Å²) in [7, 11) is 0. The first-order valence-corrected chi connectivity index (χ1v) is 6.13. The molecule has 2 aromatic heterocycles. The van der Waals surface area contributed by atoms with Crippen LogP contribution in [0.15, 0.2) is 17.6 Å². The van der Waals surface area contributed by atoms with Gasteiger partial charge in [-0.25, -0.2) is 15.0 Å². The maximum Gasteiger partial charge on any atom is 0.224 e. The average molecular weight is 255 g/mol. The van der Waals surface area contributed by atoms with Gasteiger partial charge in [-0.3, -0.25) is 0 Å². The van der Waals surface area contributed by atoms with Crippen LogP contribution in [-0.4, -0.2) is 21.5 Å². The highest BCUT2D eigenvalue weighted by Gasteiger charge is 1.99. The number of aryl methyl sites for hydroxylation is 1. The summed E-state index contributed by atoms with van der Waals surface area (Å²) in [6, 6.07) is 1.79. The quantitative estimate of drug-likeness (QED) is 0.852. The summed E-state index contributed by atoms with van der Waals surface area (Å²) in [5.74, 6) is 0.744. The van der Waals surface area contributed by atoms with Crippen LogP contribution in [-0.2, 0) is 6.42 Å². The van der Waals surface area contributed by atoms with E-state index in [0.717, 1.165) is 29.5 Å². The van der Waals surface area contributed by atoms with Crippen LogP contribution in [0.25, 0.3) is 0 Å². The summed E-state index contributed by atoms with van der Waals surface area (Å²) in [4.78, 5) is 12.2. The molecule has 0 aromatic carbocycles. The number of nitrogens with zero attached hydrogens (tertiary/aromatic N) is 3. The molecule has 0 fully saturated rings. The maximum atomic E-state index is 5.67. The molecule has 0 saturated heterocycles. The summed E-state index contributed by atoms with van der Waals surface area (Å²) in [5.41, 5.74) is 1.07. The van der Waals surface area contributed by atoms with E-state index < -0.39 is 0 Å². The molecule has 84 valence electrons. The molecule has 1 N–H and O–H groups in total. The fraction of sp³-hybridized carbons (Fsp3) is 0.300. The van der Waals surface area contributed by atoms with Gasteiger partial charge in [-0.2, -0.15) is 0 Å². The standard InChI is InChI=1S/C10H11ClN4S/c1-7-6-16-9(14-7)3-5-12-8-2-4-13-10(11)15-8/h2,4,6H,3,5H2,1H3,(H,12,13,15). The number of halogens is 1. The average Bonchev–Trinajstić information content (AvgIpc) is 2.64. The summed E-state index contributed by atoms with van der Waals surface area (Å²) < 4.78 is 0. The maximum absolute atomic E-state index is 5.67. The molecule has 0 aliphatic heterocycles. The van der Waals surface area contributed by atoms with E-state index in [9.17, 15) is 0 Å². The number of aromatic nitrogens is 3. The van der Waals surface area contributed by atoms with Crippen molar-refractivity contribution in [3.05, 3.63) is 33.6 Å². The Balaban J connectivity index is 1.84. The lowest BCUT2D eigenvalue weighted by atomic mass is 10.4. The Hall–Kier alpha value is -1.20. The van der Waals surface area contributed by atoms with E-state index in [2.05, 4.69) is 25.6 Å². The Morgan fingerprint density at radius 2 is 2.31 bits per heavy atom. The molecule has 0 aliphatic rings. The van der Waals surface area contributed by atoms with Crippen LogP contribution in [0.4, 0.5) is 5.82 Å². The van der Waals surface area contributed by atoms with Crippen LogP contribution >= 0.6 is 22.9 Å². The van der Waals surface area contributed by atoms with E-state index in [0.29, 0.717) is 0 Å². The van der Waals surface area contributed by atoms with Gasteiger partial charge in [-0.1, -0.05) is 0 Å². The zero-order valence-electron chi connectivity index (χ0n) is 8.77. The molecule has 0 bridgehead atoms. The topological polar surface area (TPSA) is 50.7 Å². The third kappa shape index (κ3) is 3.15. The highest BCUT2D eigenvalue weighted by atomic mass is 35.5. The van der Waals surface area contributed by atoms with Gasteiger partial charge in [-0.05, 0) is 24.6 Å². The molecule has 6 heteroatoms. The van der Waals surface area contributed by atoms with Crippen molar-refractivity contribution in [1.82, 2.24) is 15.0 Å². The second-order valence-corrected chi connectivity index (χ2v) is 4.55. The Bertz CT molecular complexity index is 471. The van der Waals surface area contributed by atoms with Gasteiger partial charge in [0.2, 0.25) is 5.28 Å². The van der Waals surface area contributed by atoms with Gasteiger partial charge < -0.3 is 5.32 Å². The fourth-order valence-corrected chi connectivity index (χ4v) is 2.17. The third-order valence-corrected chi connectivity index (χ3v) is 3.15. The van der Waals surface area contributed by atoms with Crippen LogP contribution in [0, 0.1) is 6.92 Å². The second-order valence-electron chi connectivity index (χ2n) is 3.27. The highest BCUT2D eigenvalue weighted by molar-refractivity contribution is 7.09. The van der Waals surface area contributed by atoms with E-state index in [1.165, 1.54) is 0 Å². The number of hydrogen-bond donors (Lipinski definition) is 1. The third-order valence-electron chi connectivity index (χ3n) is 1.94. The Labute approximate surface area is 103 Å². The molecule has 2 heterocycles. The van der Waals surface area contributed by atoms with Gasteiger partial charge in [0.25, 0.3) is 0 Å². The Kier molecular flexibility index (Phi) is 3.69. The van der Waals surface area contributed by atoms with E-state index in [-0.39, 0.29) is 5.28 Å².